The highest BCUT2D eigenvalue weighted by Crippen LogP contribution is 2.32. The summed E-state index contributed by atoms with van der Waals surface area (Å²) >= 11 is 5.97. The molecular weight excluding hydrogens is 364 g/mol. The summed E-state index contributed by atoms with van der Waals surface area (Å²) < 4.78 is 10.8. The van der Waals surface area contributed by atoms with Crippen LogP contribution in [0, 0.1) is 0 Å². The number of nitrogens with one attached hydrogen (secondary N) is 1. The fourth-order valence-electron chi connectivity index (χ4n) is 3.09. The maximum absolute atomic E-state index is 12.3. The molecule has 0 aliphatic heterocycles. The van der Waals surface area contributed by atoms with Gasteiger partial charge >= 0.3 is 0 Å². The number of hydrogen-bond donors (Lipinski definition) is 1. The van der Waals surface area contributed by atoms with E-state index in [2.05, 4.69) is 10.2 Å². The minimum Gasteiger partial charge on any atom is -0.497 e. The van der Waals surface area contributed by atoms with Gasteiger partial charge in [0.1, 0.15) is 11.5 Å². The van der Waals surface area contributed by atoms with Crippen LogP contribution in [0.2, 0.25) is 5.02 Å². The van der Waals surface area contributed by atoms with Gasteiger partial charge in [-0.05, 0) is 49.2 Å². The highest BCUT2D eigenvalue weighted by atomic mass is 35.5. The largest absolute Gasteiger partial charge is 0.497 e. The third-order valence-electron chi connectivity index (χ3n) is 4.66. The maximum atomic E-state index is 12.3. The number of nitrogens with zero attached hydrogens (tertiary/aromatic N) is 1. The Morgan fingerprint density at radius 2 is 2.00 bits per heavy atom. The second-order valence-electron chi connectivity index (χ2n) is 6.69. The van der Waals surface area contributed by atoms with Crippen LogP contribution in [0.25, 0.3) is 0 Å². The molecule has 1 fully saturated rings. The molecule has 1 aliphatic rings. The Balaban J connectivity index is 1.61. The molecule has 144 valence electrons. The summed E-state index contributed by atoms with van der Waals surface area (Å²) in [6, 6.07) is 13.5. The summed E-state index contributed by atoms with van der Waals surface area (Å²) in [6.45, 7) is 1.42. The van der Waals surface area contributed by atoms with Crippen LogP contribution in [0.5, 0.6) is 11.5 Å². The molecule has 0 unspecified atom stereocenters. The molecule has 0 radical (unpaired) electrons. The quantitative estimate of drug-likeness (QED) is 0.693. The molecule has 1 amide bonds. The number of ether oxygens (including phenoxy) is 2. The zero-order chi connectivity index (χ0) is 19.2. The second-order valence-corrected chi connectivity index (χ2v) is 7.12. The van der Waals surface area contributed by atoms with Crippen LogP contribution >= 0.6 is 11.6 Å². The summed E-state index contributed by atoms with van der Waals surface area (Å²) in [7, 11) is 3.33. The van der Waals surface area contributed by atoms with Gasteiger partial charge in [0.15, 0.2) is 0 Å². The lowest BCUT2D eigenvalue weighted by atomic mass is 10.1. The monoisotopic (exact) mass is 388 g/mol. The van der Waals surface area contributed by atoms with E-state index in [1.807, 2.05) is 30.3 Å². The molecule has 0 heterocycles. The standard InChI is InChI=1S/C21H25ClN2O3/c1-26-19-8-9-20(27-2)15(12-19)14-24(18-6-7-18)11-10-21(25)23-17-5-3-4-16(22)13-17/h3-5,8-9,12-13,18H,6-7,10-11,14H2,1-2H3,(H,23,25). The van der Waals surface area contributed by atoms with Gasteiger partial charge in [-0.1, -0.05) is 17.7 Å². The molecule has 3 rings (SSSR count). The first-order valence-corrected chi connectivity index (χ1v) is 9.47. The zero-order valence-electron chi connectivity index (χ0n) is 15.7. The first-order chi connectivity index (χ1) is 13.1. The molecule has 0 spiro atoms. The Labute approximate surface area is 165 Å². The molecule has 1 aliphatic carbocycles. The van der Waals surface area contributed by atoms with Gasteiger partial charge in [0.05, 0.1) is 14.2 Å². The number of amides is 1. The lowest BCUT2D eigenvalue weighted by Crippen LogP contribution is -2.29. The van der Waals surface area contributed by atoms with Crippen molar-refractivity contribution in [1.82, 2.24) is 4.90 Å². The number of hydrogen-bond acceptors (Lipinski definition) is 4. The van der Waals surface area contributed by atoms with Crippen LogP contribution in [-0.4, -0.2) is 37.6 Å². The second kappa shape index (κ2) is 9.11. The molecule has 0 saturated heterocycles. The molecule has 5 nitrogen and oxygen atoms in total. The fourth-order valence-corrected chi connectivity index (χ4v) is 3.28. The summed E-state index contributed by atoms with van der Waals surface area (Å²) in [5.41, 5.74) is 1.79. The van der Waals surface area contributed by atoms with Gasteiger partial charge in [0.25, 0.3) is 0 Å². The van der Waals surface area contributed by atoms with Crippen LogP contribution in [0.4, 0.5) is 5.69 Å². The first kappa shape index (κ1) is 19.5. The molecule has 6 heteroatoms. The van der Waals surface area contributed by atoms with Crippen LogP contribution in [-0.2, 0) is 11.3 Å². The molecule has 0 aromatic heterocycles. The Kier molecular flexibility index (Phi) is 6.58. The zero-order valence-corrected chi connectivity index (χ0v) is 16.5. The first-order valence-electron chi connectivity index (χ1n) is 9.09. The Bertz CT molecular complexity index is 793. The van der Waals surface area contributed by atoms with Crippen LogP contribution in [0.15, 0.2) is 42.5 Å². The van der Waals surface area contributed by atoms with E-state index in [4.69, 9.17) is 21.1 Å². The van der Waals surface area contributed by atoms with Gasteiger partial charge in [0.2, 0.25) is 5.91 Å². The number of rotatable bonds is 9. The number of benzene rings is 2. The van der Waals surface area contributed by atoms with Crippen molar-refractivity contribution < 1.29 is 14.3 Å². The molecule has 1 saturated carbocycles. The smallest absolute Gasteiger partial charge is 0.225 e. The van der Waals surface area contributed by atoms with Gasteiger partial charge in [-0.15, -0.1) is 0 Å². The third kappa shape index (κ3) is 5.62. The average Bonchev–Trinajstić information content (AvgIpc) is 3.50. The number of methoxy groups -OCH3 is 2. The Morgan fingerprint density at radius 3 is 2.67 bits per heavy atom. The van der Waals surface area contributed by atoms with E-state index in [1.54, 1.807) is 26.4 Å². The molecule has 1 N–H and O–H groups in total. The lowest BCUT2D eigenvalue weighted by molar-refractivity contribution is -0.116. The number of carbonyl (C=O) groups excluding carboxylic acids is 1. The van der Waals surface area contributed by atoms with E-state index in [9.17, 15) is 4.79 Å². The van der Waals surface area contributed by atoms with E-state index < -0.39 is 0 Å². The molecule has 0 atom stereocenters. The van der Waals surface area contributed by atoms with Crippen molar-refractivity contribution in [3.05, 3.63) is 53.1 Å². The van der Waals surface area contributed by atoms with Crippen LogP contribution in [0.1, 0.15) is 24.8 Å². The van der Waals surface area contributed by atoms with Crippen molar-refractivity contribution in [3.63, 3.8) is 0 Å². The molecule has 27 heavy (non-hydrogen) atoms. The number of carbonyl (C=O) groups is 1. The normalized spacial score (nSPS) is 13.5. The Morgan fingerprint density at radius 1 is 1.19 bits per heavy atom. The van der Waals surface area contributed by atoms with Crippen molar-refractivity contribution >= 4 is 23.2 Å². The maximum Gasteiger partial charge on any atom is 0.225 e. The van der Waals surface area contributed by atoms with Crippen molar-refractivity contribution in [3.8, 4) is 11.5 Å². The summed E-state index contributed by atoms with van der Waals surface area (Å²) in [6.07, 6.45) is 2.76. The van der Waals surface area contributed by atoms with Crippen LogP contribution < -0.4 is 14.8 Å². The SMILES string of the molecule is COc1ccc(OC)c(CN(CCC(=O)Nc2cccc(Cl)c2)C2CC2)c1. The Hall–Kier alpha value is -2.24. The van der Waals surface area contributed by atoms with E-state index in [0.29, 0.717) is 24.0 Å². The van der Waals surface area contributed by atoms with Crippen molar-refractivity contribution in [2.45, 2.75) is 31.8 Å². The molecular formula is C21H25ClN2O3. The minimum atomic E-state index is -0.0134. The molecule has 2 aromatic carbocycles. The van der Waals surface area contributed by atoms with Crippen LogP contribution in [0.3, 0.4) is 0 Å². The number of halogens is 1. The molecule has 2 aromatic rings. The fraction of sp³-hybridized carbons (Fsp3) is 0.381. The minimum absolute atomic E-state index is 0.0134. The van der Waals surface area contributed by atoms with Gasteiger partial charge in [-0.3, -0.25) is 9.69 Å². The highest BCUT2D eigenvalue weighted by Gasteiger charge is 2.29. The van der Waals surface area contributed by atoms with E-state index in [-0.39, 0.29) is 5.91 Å². The van der Waals surface area contributed by atoms with Gasteiger partial charge in [-0.25, -0.2) is 0 Å². The van der Waals surface area contributed by atoms with Crippen molar-refractivity contribution in [2.75, 3.05) is 26.1 Å². The lowest BCUT2D eigenvalue weighted by Gasteiger charge is -2.23. The third-order valence-corrected chi connectivity index (χ3v) is 4.89. The highest BCUT2D eigenvalue weighted by molar-refractivity contribution is 6.30. The van der Waals surface area contributed by atoms with Gasteiger partial charge < -0.3 is 14.8 Å². The van der Waals surface area contributed by atoms with E-state index >= 15 is 0 Å². The van der Waals surface area contributed by atoms with Crippen molar-refractivity contribution in [2.24, 2.45) is 0 Å². The predicted molar refractivity (Wildman–Crippen MR) is 108 cm³/mol. The average molecular weight is 389 g/mol. The summed E-state index contributed by atoms with van der Waals surface area (Å²) in [4.78, 5) is 14.7. The van der Waals surface area contributed by atoms with Crippen molar-refractivity contribution in [1.29, 1.82) is 0 Å². The van der Waals surface area contributed by atoms with Gasteiger partial charge in [-0.2, -0.15) is 0 Å². The van der Waals surface area contributed by atoms with E-state index in [0.717, 1.165) is 29.3 Å². The summed E-state index contributed by atoms with van der Waals surface area (Å²) in [5.74, 6) is 1.63. The number of anilines is 1. The molecule has 0 bridgehead atoms. The summed E-state index contributed by atoms with van der Waals surface area (Å²) in [5, 5.41) is 3.52. The van der Waals surface area contributed by atoms with Gasteiger partial charge in [0, 0.05) is 41.8 Å². The topological polar surface area (TPSA) is 50.8 Å². The predicted octanol–water partition coefficient (Wildman–Crippen LogP) is 4.35. The van der Waals surface area contributed by atoms with E-state index in [1.165, 1.54) is 12.8 Å².